The fourth-order valence-corrected chi connectivity index (χ4v) is 5.90. The van der Waals surface area contributed by atoms with E-state index in [0.717, 1.165) is 18.6 Å². The molecule has 1 rings (SSSR count). The van der Waals surface area contributed by atoms with Gasteiger partial charge in [-0.15, -0.1) is 0 Å². The van der Waals surface area contributed by atoms with Crippen LogP contribution < -0.4 is 10.1 Å². The van der Waals surface area contributed by atoms with Crippen LogP contribution >= 0.6 is 0 Å². The SMILES string of the molecule is CCCCCCCCCCCC(O[Si](C)(C)C)C(CO[Si](C)(C)C)NC(=O)c1ccc(OC)cc1. The number of carbonyl (C=O) groups excluding carboxylic acids is 1. The molecule has 35 heavy (non-hydrogen) atoms. The van der Waals surface area contributed by atoms with Crippen LogP contribution in [0.3, 0.4) is 0 Å². The van der Waals surface area contributed by atoms with E-state index in [-0.39, 0.29) is 18.1 Å². The van der Waals surface area contributed by atoms with Crippen LogP contribution in [0.25, 0.3) is 0 Å². The van der Waals surface area contributed by atoms with Gasteiger partial charge < -0.3 is 18.9 Å². The molecule has 0 aliphatic rings. The van der Waals surface area contributed by atoms with Crippen LogP contribution in [-0.4, -0.2) is 48.4 Å². The second-order valence-corrected chi connectivity index (χ2v) is 20.6. The Morgan fingerprint density at radius 2 is 1.37 bits per heavy atom. The zero-order valence-corrected chi connectivity index (χ0v) is 25.9. The number of methoxy groups -OCH3 is 1. The third-order valence-electron chi connectivity index (χ3n) is 5.91. The van der Waals surface area contributed by atoms with Gasteiger partial charge in [-0.05, 0) is 70.0 Å². The minimum absolute atomic E-state index is 0.0373. The molecule has 0 fully saturated rings. The standard InChI is InChI=1S/C28H53NO4Si2/c1-9-10-11-12-13-14-15-16-17-18-27(33-35(6,7)8)26(23-32-34(3,4)5)29-28(30)24-19-21-25(31-2)22-20-24/h19-22,26-27H,9-18,23H2,1-8H3,(H,29,30). The second kappa shape index (κ2) is 16.6. The van der Waals surface area contributed by atoms with Crippen molar-refractivity contribution in [3.8, 4) is 5.75 Å². The van der Waals surface area contributed by atoms with Gasteiger partial charge in [-0.3, -0.25) is 4.79 Å². The molecular weight excluding hydrogens is 470 g/mol. The summed E-state index contributed by atoms with van der Waals surface area (Å²) in [5.74, 6) is 0.651. The van der Waals surface area contributed by atoms with E-state index in [2.05, 4.69) is 51.5 Å². The lowest BCUT2D eigenvalue weighted by Crippen LogP contribution is -2.51. The zero-order chi connectivity index (χ0) is 26.3. The fourth-order valence-electron chi connectivity index (χ4n) is 4.03. The molecule has 0 radical (unpaired) electrons. The van der Waals surface area contributed by atoms with Crippen molar-refractivity contribution in [2.24, 2.45) is 0 Å². The highest BCUT2D eigenvalue weighted by Crippen LogP contribution is 2.20. The highest BCUT2D eigenvalue weighted by molar-refractivity contribution is 6.70. The number of unbranched alkanes of at least 4 members (excludes halogenated alkanes) is 8. The lowest BCUT2D eigenvalue weighted by Gasteiger charge is -2.34. The minimum atomic E-state index is -1.81. The van der Waals surface area contributed by atoms with Gasteiger partial charge in [-0.25, -0.2) is 0 Å². The smallest absolute Gasteiger partial charge is 0.251 e. The van der Waals surface area contributed by atoms with Gasteiger partial charge in [0.2, 0.25) is 0 Å². The lowest BCUT2D eigenvalue weighted by atomic mass is 10.0. The van der Waals surface area contributed by atoms with Gasteiger partial charge in [0.05, 0.1) is 25.9 Å². The number of ether oxygens (including phenoxy) is 1. The van der Waals surface area contributed by atoms with E-state index < -0.39 is 16.6 Å². The molecule has 0 aliphatic heterocycles. The number of carbonyl (C=O) groups is 1. The van der Waals surface area contributed by atoms with Crippen molar-refractivity contribution >= 4 is 22.5 Å². The van der Waals surface area contributed by atoms with Crippen LogP contribution in [0.4, 0.5) is 0 Å². The van der Waals surface area contributed by atoms with E-state index in [9.17, 15) is 4.79 Å². The summed E-state index contributed by atoms with van der Waals surface area (Å²) >= 11 is 0. The number of nitrogens with one attached hydrogen (secondary N) is 1. The highest BCUT2D eigenvalue weighted by atomic mass is 28.4. The minimum Gasteiger partial charge on any atom is -0.497 e. The summed E-state index contributed by atoms with van der Waals surface area (Å²) in [6.07, 6.45) is 12.6. The first-order valence-electron chi connectivity index (χ1n) is 13.7. The first-order chi connectivity index (χ1) is 16.4. The van der Waals surface area contributed by atoms with Crippen LogP contribution in [0.5, 0.6) is 5.75 Å². The van der Waals surface area contributed by atoms with E-state index in [4.69, 9.17) is 13.6 Å². The van der Waals surface area contributed by atoms with Crippen LogP contribution in [0.15, 0.2) is 24.3 Å². The first-order valence-corrected chi connectivity index (χ1v) is 20.5. The molecule has 0 saturated heterocycles. The summed E-state index contributed by atoms with van der Waals surface area (Å²) in [5, 5.41) is 3.26. The Morgan fingerprint density at radius 3 is 1.86 bits per heavy atom. The molecule has 2 atom stereocenters. The maximum Gasteiger partial charge on any atom is 0.251 e. The first kappa shape index (κ1) is 31.9. The van der Waals surface area contributed by atoms with Gasteiger partial charge in [-0.2, -0.15) is 0 Å². The van der Waals surface area contributed by atoms with Gasteiger partial charge >= 0.3 is 0 Å². The van der Waals surface area contributed by atoms with Gasteiger partial charge in [0, 0.05) is 5.56 Å². The number of rotatable bonds is 19. The van der Waals surface area contributed by atoms with Crippen molar-refractivity contribution in [2.75, 3.05) is 13.7 Å². The van der Waals surface area contributed by atoms with Crippen LogP contribution in [0.1, 0.15) is 81.5 Å². The van der Waals surface area contributed by atoms with Gasteiger partial charge in [-0.1, -0.05) is 64.7 Å². The summed E-state index contributed by atoms with van der Waals surface area (Å²) in [6, 6.07) is 7.08. The number of hydrogen-bond donors (Lipinski definition) is 1. The molecule has 0 saturated carbocycles. The molecular formula is C28H53NO4Si2. The predicted molar refractivity (Wildman–Crippen MR) is 154 cm³/mol. The highest BCUT2D eigenvalue weighted by Gasteiger charge is 2.31. The molecule has 202 valence electrons. The summed E-state index contributed by atoms with van der Waals surface area (Å²) < 4.78 is 18.2. The van der Waals surface area contributed by atoms with Gasteiger partial charge in [0.1, 0.15) is 5.75 Å². The van der Waals surface area contributed by atoms with Crippen molar-refractivity contribution in [1.29, 1.82) is 0 Å². The Morgan fingerprint density at radius 1 is 0.829 bits per heavy atom. The van der Waals surface area contributed by atoms with Crippen LogP contribution in [0, 0.1) is 0 Å². The largest absolute Gasteiger partial charge is 0.497 e. The topological polar surface area (TPSA) is 56.8 Å². The molecule has 0 spiro atoms. The molecule has 0 heterocycles. The van der Waals surface area contributed by atoms with Crippen LogP contribution in [-0.2, 0) is 8.85 Å². The Labute approximate surface area is 218 Å². The molecule has 7 heteroatoms. The van der Waals surface area contributed by atoms with Crippen LogP contribution in [0.2, 0.25) is 39.3 Å². The normalized spacial score (nSPS) is 13.9. The van der Waals surface area contributed by atoms with Crippen molar-refractivity contribution in [2.45, 2.75) is 123 Å². The molecule has 2 unspecified atom stereocenters. The Kier molecular flexibility index (Phi) is 15.1. The molecule has 0 aromatic heterocycles. The van der Waals surface area contributed by atoms with E-state index in [0.29, 0.717) is 12.2 Å². The zero-order valence-electron chi connectivity index (χ0n) is 23.9. The molecule has 1 aromatic carbocycles. The molecule has 0 bridgehead atoms. The van der Waals surface area contributed by atoms with Crippen molar-refractivity contribution in [1.82, 2.24) is 5.32 Å². The quantitative estimate of drug-likeness (QED) is 0.148. The summed E-state index contributed by atoms with van der Waals surface area (Å²) in [6.45, 7) is 16.0. The summed E-state index contributed by atoms with van der Waals surface area (Å²) in [7, 11) is -1.92. The molecule has 1 N–H and O–H groups in total. The number of hydrogen-bond acceptors (Lipinski definition) is 4. The second-order valence-electron chi connectivity index (χ2n) is 11.6. The average molecular weight is 524 g/mol. The number of amides is 1. The van der Waals surface area contributed by atoms with Crippen molar-refractivity contribution in [3.63, 3.8) is 0 Å². The maximum absolute atomic E-state index is 13.1. The molecule has 1 amide bonds. The van der Waals surface area contributed by atoms with E-state index in [1.54, 1.807) is 19.2 Å². The fraction of sp³-hybridized carbons (Fsp3) is 0.750. The Balaban J connectivity index is 2.80. The average Bonchev–Trinajstić information content (AvgIpc) is 2.78. The number of benzene rings is 1. The van der Waals surface area contributed by atoms with E-state index in [1.807, 2.05) is 12.1 Å². The van der Waals surface area contributed by atoms with Gasteiger partial charge in [0.25, 0.3) is 5.91 Å². The van der Waals surface area contributed by atoms with Crippen molar-refractivity contribution < 1.29 is 18.4 Å². The monoisotopic (exact) mass is 523 g/mol. The van der Waals surface area contributed by atoms with E-state index in [1.165, 1.54) is 51.4 Å². The Hall–Kier alpha value is -1.16. The van der Waals surface area contributed by atoms with Gasteiger partial charge in [0.15, 0.2) is 16.6 Å². The summed E-state index contributed by atoms with van der Waals surface area (Å²) in [5.41, 5.74) is 0.624. The third kappa shape index (κ3) is 15.5. The molecule has 5 nitrogen and oxygen atoms in total. The summed E-state index contributed by atoms with van der Waals surface area (Å²) in [4.78, 5) is 13.1. The third-order valence-corrected chi connectivity index (χ3v) is 7.95. The molecule has 1 aromatic rings. The molecule has 0 aliphatic carbocycles. The van der Waals surface area contributed by atoms with Crippen molar-refractivity contribution in [3.05, 3.63) is 29.8 Å². The predicted octanol–water partition coefficient (Wildman–Crippen LogP) is 7.79. The maximum atomic E-state index is 13.1. The lowest BCUT2D eigenvalue weighted by molar-refractivity contribution is 0.0748. The Bertz CT molecular complexity index is 698. The van der Waals surface area contributed by atoms with E-state index >= 15 is 0 Å².